The SMILES string of the molecule is Cc1ccncc1-c1ncc(CO)[nH]1. The second-order valence-corrected chi connectivity index (χ2v) is 3.11. The molecule has 0 aliphatic rings. The maximum absolute atomic E-state index is 8.88. The third-order valence-electron chi connectivity index (χ3n) is 2.09. The summed E-state index contributed by atoms with van der Waals surface area (Å²) in [5.74, 6) is 0.750. The highest BCUT2D eigenvalue weighted by Crippen LogP contribution is 2.18. The molecular formula is C10H11N3O. The van der Waals surface area contributed by atoms with Gasteiger partial charge >= 0.3 is 0 Å². The molecule has 0 saturated heterocycles. The van der Waals surface area contributed by atoms with E-state index in [4.69, 9.17) is 5.11 Å². The highest BCUT2D eigenvalue weighted by molar-refractivity contribution is 5.58. The number of hydrogen-bond donors (Lipinski definition) is 2. The number of aryl methyl sites for hydroxylation is 1. The van der Waals surface area contributed by atoms with Gasteiger partial charge in [-0.15, -0.1) is 0 Å². The number of H-pyrrole nitrogens is 1. The maximum Gasteiger partial charge on any atom is 0.139 e. The van der Waals surface area contributed by atoms with Crippen molar-refractivity contribution >= 4 is 0 Å². The largest absolute Gasteiger partial charge is 0.390 e. The molecule has 0 fully saturated rings. The lowest BCUT2D eigenvalue weighted by Crippen LogP contribution is -1.87. The summed E-state index contributed by atoms with van der Waals surface area (Å²) in [5.41, 5.74) is 2.79. The normalized spacial score (nSPS) is 10.4. The summed E-state index contributed by atoms with van der Waals surface area (Å²) < 4.78 is 0. The summed E-state index contributed by atoms with van der Waals surface area (Å²) in [6.45, 7) is 1.98. The van der Waals surface area contributed by atoms with Crippen LogP contribution in [0.3, 0.4) is 0 Å². The van der Waals surface area contributed by atoms with Crippen molar-refractivity contribution < 1.29 is 5.11 Å². The van der Waals surface area contributed by atoms with E-state index in [0.29, 0.717) is 5.69 Å². The van der Waals surface area contributed by atoms with Crippen LogP contribution in [0.25, 0.3) is 11.4 Å². The Bertz CT molecular complexity index is 436. The van der Waals surface area contributed by atoms with Crippen LogP contribution in [0.1, 0.15) is 11.3 Å². The maximum atomic E-state index is 8.88. The zero-order valence-electron chi connectivity index (χ0n) is 7.86. The Kier molecular flexibility index (Phi) is 2.28. The first-order valence-corrected chi connectivity index (χ1v) is 4.37. The van der Waals surface area contributed by atoms with Gasteiger partial charge in [0.15, 0.2) is 0 Å². The van der Waals surface area contributed by atoms with Gasteiger partial charge in [-0.1, -0.05) is 0 Å². The van der Waals surface area contributed by atoms with Gasteiger partial charge in [0, 0.05) is 18.0 Å². The van der Waals surface area contributed by atoms with Gasteiger partial charge in [-0.25, -0.2) is 4.98 Å². The fourth-order valence-corrected chi connectivity index (χ4v) is 1.29. The number of pyridine rings is 1. The van der Waals surface area contributed by atoms with E-state index >= 15 is 0 Å². The molecule has 2 aromatic heterocycles. The van der Waals surface area contributed by atoms with Gasteiger partial charge in [-0.05, 0) is 18.6 Å². The minimum absolute atomic E-state index is 0.0215. The Balaban J connectivity index is 2.44. The van der Waals surface area contributed by atoms with Crippen molar-refractivity contribution in [2.45, 2.75) is 13.5 Å². The number of aliphatic hydroxyl groups excluding tert-OH is 1. The van der Waals surface area contributed by atoms with Crippen molar-refractivity contribution in [1.29, 1.82) is 0 Å². The molecule has 0 bridgehead atoms. The number of aliphatic hydroxyl groups is 1. The van der Waals surface area contributed by atoms with Crippen LogP contribution in [-0.2, 0) is 6.61 Å². The van der Waals surface area contributed by atoms with Crippen LogP contribution in [0.5, 0.6) is 0 Å². The molecule has 0 radical (unpaired) electrons. The molecule has 72 valence electrons. The molecule has 4 nitrogen and oxygen atoms in total. The van der Waals surface area contributed by atoms with Crippen LogP contribution in [0.15, 0.2) is 24.7 Å². The first-order valence-electron chi connectivity index (χ1n) is 4.37. The van der Waals surface area contributed by atoms with Crippen LogP contribution in [-0.4, -0.2) is 20.1 Å². The lowest BCUT2D eigenvalue weighted by molar-refractivity contribution is 0.277. The van der Waals surface area contributed by atoms with Crippen LogP contribution < -0.4 is 0 Å². The minimum Gasteiger partial charge on any atom is -0.390 e. The van der Waals surface area contributed by atoms with Gasteiger partial charge in [0.2, 0.25) is 0 Å². The average Bonchev–Trinajstić information content (AvgIpc) is 2.67. The summed E-state index contributed by atoms with van der Waals surface area (Å²) >= 11 is 0. The van der Waals surface area contributed by atoms with Gasteiger partial charge in [0.25, 0.3) is 0 Å². The van der Waals surface area contributed by atoms with E-state index in [9.17, 15) is 0 Å². The zero-order valence-corrected chi connectivity index (χ0v) is 7.86. The van der Waals surface area contributed by atoms with Crippen LogP contribution >= 0.6 is 0 Å². The Morgan fingerprint density at radius 2 is 2.29 bits per heavy atom. The van der Waals surface area contributed by atoms with Gasteiger partial charge < -0.3 is 10.1 Å². The van der Waals surface area contributed by atoms with Crippen molar-refractivity contribution in [2.24, 2.45) is 0 Å². The topological polar surface area (TPSA) is 61.8 Å². The van der Waals surface area contributed by atoms with E-state index in [0.717, 1.165) is 17.0 Å². The van der Waals surface area contributed by atoms with E-state index in [1.54, 1.807) is 18.6 Å². The third-order valence-corrected chi connectivity index (χ3v) is 2.09. The fraction of sp³-hybridized carbons (Fsp3) is 0.200. The predicted molar refractivity (Wildman–Crippen MR) is 52.5 cm³/mol. The monoisotopic (exact) mass is 189 g/mol. The summed E-state index contributed by atoms with van der Waals surface area (Å²) in [5, 5.41) is 8.88. The Morgan fingerprint density at radius 3 is 2.93 bits per heavy atom. The van der Waals surface area contributed by atoms with Crippen LogP contribution in [0.4, 0.5) is 0 Å². The van der Waals surface area contributed by atoms with Crippen molar-refractivity contribution in [3.8, 4) is 11.4 Å². The number of rotatable bonds is 2. The molecular weight excluding hydrogens is 178 g/mol. The molecule has 0 atom stereocenters. The molecule has 2 rings (SSSR count). The third kappa shape index (κ3) is 1.52. The Labute approximate surface area is 81.7 Å². The van der Waals surface area contributed by atoms with Gasteiger partial charge in [0.05, 0.1) is 18.5 Å². The molecule has 2 heterocycles. The molecule has 0 aliphatic heterocycles. The van der Waals surface area contributed by atoms with E-state index in [1.165, 1.54) is 0 Å². The van der Waals surface area contributed by atoms with Crippen LogP contribution in [0, 0.1) is 6.92 Å². The molecule has 0 unspecified atom stereocenters. The Morgan fingerprint density at radius 1 is 1.43 bits per heavy atom. The first-order chi connectivity index (χ1) is 6.81. The molecule has 0 aliphatic carbocycles. The quantitative estimate of drug-likeness (QED) is 0.747. The van der Waals surface area contributed by atoms with Crippen molar-refractivity contribution in [1.82, 2.24) is 15.0 Å². The molecule has 0 aromatic carbocycles. The average molecular weight is 189 g/mol. The molecule has 2 aromatic rings. The highest BCUT2D eigenvalue weighted by Gasteiger charge is 2.05. The molecule has 0 spiro atoms. The first kappa shape index (κ1) is 8.90. The zero-order chi connectivity index (χ0) is 9.97. The van der Waals surface area contributed by atoms with E-state index in [-0.39, 0.29) is 6.61 Å². The second-order valence-electron chi connectivity index (χ2n) is 3.11. The lowest BCUT2D eigenvalue weighted by atomic mass is 10.1. The number of hydrogen-bond acceptors (Lipinski definition) is 3. The summed E-state index contributed by atoms with van der Waals surface area (Å²) in [6, 6.07) is 1.93. The predicted octanol–water partition coefficient (Wildman–Crippen LogP) is 1.27. The fourth-order valence-electron chi connectivity index (χ4n) is 1.29. The van der Waals surface area contributed by atoms with Gasteiger partial charge in [-0.2, -0.15) is 0 Å². The molecule has 0 saturated carbocycles. The van der Waals surface area contributed by atoms with Crippen LogP contribution in [0.2, 0.25) is 0 Å². The number of nitrogens with zero attached hydrogens (tertiary/aromatic N) is 2. The van der Waals surface area contributed by atoms with Gasteiger partial charge in [0.1, 0.15) is 5.82 Å². The van der Waals surface area contributed by atoms with Gasteiger partial charge in [-0.3, -0.25) is 4.98 Å². The molecule has 2 N–H and O–H groups in total. The Hall–Kier alpha value is -1.68. The number of aromatic amines is 1. The smallest absolute Gasteiger partial charge is 0.139 e. The van der Waals surface area contributed by atoms with Crippen molar-refractivity contribution in [2.75, 3.05) is 0 Å². The summed E-state index contributed by atoms with van der Waals surface area (Å²) in [7, 11) is 0. The molecule has 0 amide bonds. The number of aromatic nitrogens is 3. The number of nitrogens with one attached hydrogen (secondary N) is 1. The molecule has 4 heteroatoms. The summed E-state index contributed by atoms with van der Waals surface area (Å²) in [4.78, 5) is 11.2. The number of imidazole rings is 1. The van der Waals surface area contributed by atoms with E-state index in [1.807, 2.05) is 13.0 Å². The standard InChI is InChI=1S/C10H11N3O/c1-7-2-3-11-5-9(7)10-12-4-8(6-14)13-10/h2-5,14H,6H2,1H3,(H,12,13). The van der Waals surface area contributed by atoms with E-state index in [2.05, 4.69) is 15.0 Å². The highest BCUT2D eigenvalue weighted by atomic mass is 16.3. The lowest BCUT2D eigenvalue weighted by Gasteiger charge is -1.99. The second kappa shape index (κ2) is 3.59. The van der Waals surface area contributed by atoms with E-state index < -0.39 is 0 Å². The van der Waals surface area contributed by atoms with Crippen molar-refractivity contribution in [3.63, 3.8) is 0 Å². The summed E-state index contributed by atoms with van der Waals surface area (Å²) in [6.07, 6.45) is 5.13. The molecule has 14 heavy (non-hydrogen) atoms. The van der Waals surface area contributed by atoms with Crippen molar-refractivity contribution in [3.05, 3.63) is 35.9 Å². The minimum atomic E-state index is -0.0215.